The number of hydrogen-bond acceptors (Lipinski definition) is 4. The molecular weight excluding hydrogens is 262 g/mol. The van der Waals surface area contributed by atoms with Crippen molar-refractivity contribution in [3.05, 3.63) is 23.8 Å². The number of anilines is 1. The zero-order valence-corrected chi connectivity index (χ0v) is 12.1. The zero-order valence-electron chi connectivity index (χ0n) is 11.3. The topological polar surface area (TPSA) is 49.8 Å². The van der Waals surface area contributed by atoms with E-state index in [4.69, 9.17) is 4.74 Å². The van der Waals surface area contributed by atoms with Crippen LogP contribution in [0.1, 0.15) is 16.8 Å². The van der Waals surface area contributed by atoms with Crippen LogP contribution in [0.15, 0.2) is 23.1 Å². The van der Waals surface area contributed by atoms with Gasteiger partial charge in [-0.15, -0.1) is 11.8 Å². The van der Waals surface area contributed by atoms with Crippen molar-refractivity contribution in [2.45, 2.75) is 11.3 Å². The highest BCUT2D eigenvalue weighted by atomic mass is 32.2. The second-order valence-electron chi connectivity index (χ2n) is 4.72. The smallest absolute Gasteiger partial charge is 0.338 e. The minimum absolute atomic E-state index is 0.424. The summed E-state index contributed by atoms with van der Waals surface area (Å²) in [6.45, 7) is 2.50. The van der Waals surface area contributed by atoms with Gasteiger partial charge in [0.2, 0.25) is 0 Å². The summed E-state index contributed by atoms with van der Waals surface area (Å²) in [5.41, 5.74) is 1.26. The molecule has 0 amide bonds. The lowest BCUT2D eigenvalue weighted by Gasteiger charge is -2.22. The molecular formula is C14H19NO3S. The molecule has 0 saturated carbocycles. The average molecular weight is 281 g/mol. The summed E-state index contributed by atoms with van der Waals surface area (Å²) in [6, 6.07) is 5.69. The second-order valence-corrected chi connectivity index (χ2v) is 5.56. The fourth-order valence-corrected chi connectivity index (χ4v) is 3.20. The van der Waals surface area contributed by atoms with Gasteiger partial charge in [-0.3, -0.25) is 0 Å². The molecule has 1 aliphatic heterocycles. The molecule has 1 saturated heterocycles. The Labute approximate surface area is 117 Å². The number of carboxylic acids is 1. The van der Waals surface area contributed by atoms with Crippen molar-refractivity contribution in [3.63, 3.8) is 0 Å². The molecule has 0 aromatic heterocycles. The lowest BCUT2D eigenvalue weighted by Crippen LogP contribution is -2.23. The number of rotatable bonds is 5. The normalized spacial score (nSPS) is 18.8. The van der Waals surface area contributed by atoms with Gasteiger partial charge in [-0.1, -0.05) is 6.07 Å². The quantitative estimate of drug-likeness (QED) is 0.841. The monoisotopic (exact) mass is 281 g/mol. The van der Waals surface area contributed by atoms with E-state index in [2.05, 4.69) is 4.90 Å². The first-order valence-electron chi connectivity index (χ1n) is 6.31. The highest BCUT2D eigenvalue weighted by Gasteiger charge is 2.26. The van der Waals surface area contributed by atoms with Gasteiger partial charge in [0.15, 0.2) is 0 Å². The fraction of sp³-hybridized carbons (Fsp3) is 0.500. The van der Waals surface area contributed by atoms with Crippen LogP contribution in [0.25, 0.3) is 0 Å². The number of methoxy groups -OCH3 is 1. The van der Waals surface area contributed by atoms with Crippen LogP contribution >= 0.6 is 11.8 Å². The van der Waals surface area contributed by atoms with Gasteiger partial charge in [0.05, 0.1) is 17.9 Å². The predicted molar refractivity (Wildman–Crippen MR) is 77.4 cm³/mol. The summed E-state index contributed by atoms with van der Waals surface area (Å²) in [7, 11) is 1.71. The molecule has 1 fully saturated rings. The predicted octanol–water partition coefficient (Wildman–Crippen LogP) is 2.58. The Morgan fingerprint density at radius 3 is 3.00 bits per heavy atom. The molecule has 0 spiro atoms. The van der Waals surface area contributed by atoms with Crippen molar-refractivity contribution in [2.24, 2.45) is 5.92 Å². The summed E-state index contributed by atoms with van der Waals surface area (Å²) in [5.74, 6) is -0.361. The Bertz CT molecular complexity index is 464. The summed E-state index contributed by atoms with van der Waals surface area (Å²) in [6.07, 6.45) is 2.96. The van der Waals surface area contributed by atoms with E-state index >= 15 is 0 Å². The maximum Gasteiger partial charge on any atom is 0.338 e. The lowest BCUT2D eigenvalue weighted by molar-refractivity contribution is 0.0694. The van der Waals surface area contributed by atoms with Gasteiger partial charge in [0, 0.05) is 31.0 Å². The maximum absolute atomic E-state index is 11.5. The number of aromatic carboxylic acids is 1. The van der Waals surface area contributed by atoms with E-state index in [-0.39, 0.29) is 0 Å². The van der Waals surface area contributed by atoms with Crippen LogP contribution in [-0.2, 0) is 4.74 Å². The first-order chi connectivity index (χ1) is 9.17. The molecule has 0 bridgehead atoms. The summed E-state index contributed by atoms with van der Waals surface area (Å²) in [4.78, 5) is 14.5. The van der Waals surface area contributed by atoms with Crippen LogP contribution in [0.3, 0.4) is 0 Å². The highest BCUT2D eigenvalue weighted by molar-refractivity contribution is 7.98. The summed E-state index contributed by atoms with van der Waals surface area (Å²) in [5, 5.41) is 9.44. The number of nitrogens with zero attached hydrogens (tertiary/aromatic N) is 1. The van der Waals surface area contributed by atoms with Gasteiger partial charge < -0.3 is 14.7 Å². The molecule has 0 aliphatic carbocycles. The SMILES string of the molecule is COCC1CCN(c2cccc(SC)c2C(=O)O)C1. The van der Waals surface area contributed by atoms with Crippen LogP contribution in [0, 0.1) is 5.92 Å². The van der Waals surface area contributed by atoms with Crippen LogP contribution < -0.4 is 4.90 Å². The number of thioether (sulfide) groups is 1. The minimum Gasteiger partial charge on any atom is -0.478 e. The van der Waals surface area contributed by atoms with E-state index in [0.29, 0.717) is 11.5 Å². The standard InChI is InChI=1S/C14H19NO3S/c1-18-9-10-6-7-15(8-10)11-4-3-5-12(19-2)13(11)14(16)17/h3-5,10H,6-9H2,1-2H3,(H,16,17). The zero-order chi connectivity index (χ0) is 13.8. The molecule has 1 aromatic rings. The number of ether oxygens (including phenoxy) is 1. The van der Waals surface area contributed by atoms with Gasteiger partial charge in [0.25, 0.3) is 0 Å². The van der Waals surface area contributed by atoms with Gasteiger partial charge >= 0.3 is 5.97 Å². The molecule has 19 heavy (non-hydrogen) atoms. The van der Waals surface area contributed by atoms with E-state index in [0.717, 1.165) is 36.7 Å². The van der Waals surface area contributed by atoms with E-state index in [1.165, 1.54) is 11.8 Å². The van der Waals surface area contributed by atoms with Gasteiger partial charge in [-0.05, 0) is 24.8 Å². The molecule has 1 atom stereocenters. The van der Waals surface area contributed by atoms with Crippen molar-refractivity contribution >= 4 is 23.4 Å². The Morgan fingerprint density at radius 2 is 2.37 bits per heavy atom. The molecule has 2 rings (SSSR count). The van der Waals surface area contributed by atoms with Crippen LogP contribution in [0.5, 0.6) is 0 Å². The second kappa shape index (κ2) is 6.30. The Morgan fingerprint density at radius 1 is 1.58 bits per heavy atom. The Balaban J connectivity index is 2.28. The molecule has 104 valence electrons. The largest absolute Gasteiger partial charge is 0.478 e. The third kappa shape index (κ3) is 3.04. The summed E-state index contributed by atoms with van der Waals surface area (Å²) >= 11 is 1.48. The van der Waals surface area contributed by atoms with Crippen molar-refractivity contribution < 1.29 is 14.6 Å². The van der Waals surface area contributed by atoms with E-state index in [1.807, 2.05) is 24.5 Å². The average Bonchev–Trinajstić information content (AvgIpc) is 2.86. The number of carboxylic acid groups (broad SMARTS) is 1. The van der Waals surface area contributed by atoms with Crippen LogP contribution in [0.4, 0.5) is 5.69 Å². The first-order valence-corrected chi connectivity index (χ1v) is 7.54. The van der Waals surface area contributed by atoms with Gasteiger partial charge in [-0.25, -0.2) is 4.79 Å². The number of benzene rings is 1. The van der Waals surface area contributed by atoms with Crippen molar-refractivity contribution in [1.29, 1.82) is 0 Å². The molecule has 5 heteroatoms. The third-order valence-corrected chi connectivity index (χ3v) is 4.25. The Hall–Kier alpha value is -1.20. The van der Waals surface area contributed by atoms with Gasteiger partial charge in [-0.2, -0.15) is 0 Å². The Kier molecular flexibility index (Phi) is 4.71. The fourth-order valence-electron chi connectivity index (χ4n) is 2.59. The molecule has 1 unspecified atom stereocenters. The summed E-state index contributed by atoms with van der Waals surface area (Å²) < 4.78 is 5.19. The van der Waals surface area contributed by atoms with Crippen LogP contribution in [-0.4, -0.2) is 44.1 Å². The van der Waals surface area contributed by atoms with Crippen molar-refractivity contribution in [2.75, 3.05) is 38.0 Å². The number of hydrogen-bond donors (Lipinski definition) is 1. The highest BCUT2D eigenvalue weighted by Crippen LogP contribution is 2.32. The first kappa shape index (κ1) is 14.2. The molecule has 4 nitrogen and oxygen atoms in total. The molecule has 1 aromatic carbocycles. The van der Waals surface area contributed by atoms with Crippen molar-refractivity contribution in [3.8, 4) is 0 Å². The maximum atomic E-state index is 11.5. The molecule has 1 aliphatic rings. The van der Waals surface area contributed by atoms with Crippen molar-refractivity contribution in [1.82, 2.24) is 0 Å². The molecule has 0 radical (unpaired) electrons. The van der Waals surface area contributed by atoms with Gasteiger partial charge in [0.1, 0.15) is 0 Å². The third-order valence-electron chi connectivity index (χ3n) is 3.47. The minimum atomic E-state index is -0.852. The molecule has 1 heterocycles. The van der Waals surface area contributed by atoms with E-state index in [9.17, 15) is 9.90 Å². The van der Waals surface area contributed by atoms with E-state index in [1.54, 1.807) is 7.11 Å². The number of carbonyl (C=O) groups is 1. The lowest BCUT2D eigenvalue weighted by atomic mass is 10.1. The van der Waals surface area contributed by atoms with Crippen LogP contribution in [0.2, 0.25) is 0 Å². The van der Waals surface area contributed by atoms with E-state index < -0.39 is 5.97 Å². The molecule has 1 N–H and O–H groups in total.